The van der Waals surface area contributed by atoms with Gasteiger partial charge < -0.3 is 4.74 Å². The molecule has 1 nitrogen and oxygen atoms in total. The Balaban J connectivity index is 2.55. The van der Waals surface area contributed by atoms with Crippen molar-refractivity contribution in [2.24, 2.45) is 5.41 Å². The fraction of sp³-hybridized carbons (Fsp3) is 0.556. The maximum Gasteiger partial charge on any atom is 0.0927 e. The van der Waals surface area contributed by atoms with Gasteiger partial charge in [-0.25, -0.2) is 0 Å². The second-order valence-electron chi connectivity index (χ2n) is 3.44. The van der Waals surface area contributed by atoms with Crippen LogP contribution in [0.3, 0.4) is 0 Å². The summed E-state index contributed by atoms with van der Waals surface area (Å²) in [6.07, 6.45) is 8.98. The predicted molar refractivity (Wildman–Crippen MR) is 42.6 cm³/mol. The van der Waals surface area contributed by atoms with Gasteiger partial charge in [0.2, 0.25) is 0 Å². The summed E-state index contributed by atoms with van der Waals surface area (Å²) in [5.41, 5.74) is 0.293. The van der Waals surface area contributed by atoms with E-state index in [4.69, 9.17) is 4.74 Å². The summed E-state index contributed by atoms with van der Waals surface area (Å²) in [6, 6.07) is 0. The first-order valence-corrected chi connectivity index (χ1v) is 3.64. The van der Waals surface area contributed by atoms with E-state index in [0.29, 0.717) is 5.41 Å². The van der Waals surface area contributed by atoms with Gasteiger partial charge in [0.05, 0.1) is 12.9 Å². The van der Waals surface area contributed by atoms with Crippen LogP contribution in [0.15, 0.2) is 24.5 Å². The third-order valence-electron chi connectivity index (χ3n) is 1.57. The SMILES string of the molecule is CC1(C)C/C=C\C=C/OC1. The summed E-state index contributed by atoms with van der Waals surface area (Å²) in [7, 11) is 0. The summed E-state index contributed by atoms with van der Waals surface area (Å²) in [6.45, 7) is 5.22. The van der Waals surface area contributed by atoms with E-state index in [-0.39, 0.29) is 0 Å². The minimum atomic E-state index is 0.293. The molecule has 1 aliphatic rings. The van der Waals surface area contributed by atoms with Crippen molar-refractivity contribution in [3.63, 3.8) is 0 Å². The van der Waals surface area contributed by atoms with E-state index >= 15 is 0 Å². The van der Waals surface area contributed by atoms with Gasteiger partial charge in [0, 0.05) is 5.41 Å². The number of allylic oxidation sites excluding steroid dienone is 3. The molecule has 10 heavy (non-hydrogen) atoms. The van der Waals surface area contributed by atoms with Crippen molar-refractivity contribution < 1.29 is 4.74 Å². The fourth-order valence-electron chi connectivity index (χ4n) is 0.899. The first-order chi connectivity index (χ1) is 4.71. The molecule has 0 aromatic carbocycles. The van der Waals surface area contributed by atoms with Crippen molar-refractivity contribution in [2.45, 2.75) is 20.3 Å². The lowest BCUT2D eigenvalue weighted by molar-refractivity contribution is 0.138. The zero-order chi connectivity index (χ0) is 7.45. The van der Waals surface area contributed by atoms with Gasteiger partial charge in [-0.05, 0) is 12.5 Å². The van der Waals surface area contributed by atoms with Crippen LogP contribution < -0.4 is 0 Å². The zero-order valence-electron chi connectivity index (χ0n) is 6.63. The maximum atomic E-state index is 5.26. The number of hydrogen-bond acceptors (Lipinski definition) is 1. The second-order valence-corrected chi connectivity index (χ2v) is 3.44. The Morgan fingerprint density at radius 2 is 2.10 bits per heavy atom. The monoisotopic (exact) mass is 138 g/mol. The number of ether oxygens (including phenoxy) is 1. The van der Waals surface area contributed by atoms with Crippen molar-refractivity contribution in [3.05, 3.63) is 24.5 Å². The van der Waals surface area contributed by atoms with E-state index in [1.165, 1.54) is 0 Å². The van der Waals surface area contributed by atoms with Gasteiger partial charge in [0.15, 0.2) is 0 Å². The van der Waals surface area contributed by atoms with E-state index < -0.39 is 0 Å². The van der Waals surface area contributed by atoms with E-state index in [0.717, 1.165) is 13.0 Å². The molecule has 0 spiro atoms. The molecule has 0 aromatic rings. The highest BCUT2D eigenvalue weighted by Crippen LogP contribution is 2.22. The molecule has 0 N–H and O–H groups in total. The molecular formula is C9H14O. The Labute approximate surface area is 62.4 Å². The van der Waals surface area contributed by atoms with Crippen LogP contribution in [0.5, 0.6) is 0 Å². The second kappa shape index (κ2) is 2.91. The van der Waals surface area contributed by atoms with E-state index in [9.17, 15) is 0 Å². The van der Waals surface area contributed by atoms with E-state index in [1.54, 1.807) is 6.26 Å². The largest absolute Gasteiger partial charge is 0.501 e. The summed E-state index contributed by atoms with van der Waals surface area (Å²) >= 11 is 0. The van der Waals surface area contributed by atoms with Gasteiger partial charge >= 0.3 is 0 Å². The van der Waals surface area contributed by atoms with Crippen molar-refractivity contribution in [3.8, 4) is 0 Å². The smallest absolute Gasteiger partial charge is 0.0927 e. The standard InChI is InChI=1S/C9H14O/c1-9(2)6-4-3-5-7-10-8-9/h3-5,7H,6,8H2,1-2H3/b4-3-,7-5-. The normalized spacial score (nSPS) is 29.4. The Kier molecular flexibility index (Phi) is 2.15. The third kappa shape index (κ3) is 2.26. The van der Waals surface area contributed by atoms with Crippen LogP contribution >= 0.6 is 0 Å². The van der Waals surface area contributed by atoms with Gasteiger partial charge in [-0.2, -0.15) is 0 Å². The van der Waals surface area contributed by atoms with Gasteiger partial charge in [-0.15, -0.1) is 0 Å². The van der Waals surface area contributed by atoms with Crippen molar-refractivity contribution in [2.75, 3.05) is 6.61 Å². The minimum Gasteiger partial charge on any atom is -0.501 e. The highest BCUT2D eigenvalue weighted by Gasteiger charge is 2.16. The average Bonchev–Trinajstić information content (AvgIpc) is 1.81. The molecular weight excluding hydrogens is 124 g/mol. The van der Waals surface area contributed by atoms with Crippen molar-refractivity contribution in [1.29, 1.82) is 0 Å². The average molecular weight is 138 g/mol. The summed E-state index contributed by atoms with van der Waals surface area (Å²) in [5.74, 6) is 0. The first kappa shape index (κ1) is 7.39. The molecule has 1 rings (SSSR count). The number of rotatable bonds is 0. The van der Waals surface area contributed by atoms with E-state index in [2.05, 4.69) is 19.9 Å². The van der Waals surface area contributed by atoms with Crippen LogP contribution in [0, 0.1) is 5.41 Å². The van der Waals surface area contributed by atoms with Crippen LogP contribution in [-0.4, -0.2) is 6.61 Å². The first-order valence-electron chi connectivity index (χ1n) is 3.64. The van der Waals surface area contributed by atoms with Crippen molar-refractivity contribution in [1.82, 2.24) is 0 Å². The molecule has 0 aromatic heterocycles. The number of hydrogen-bond donors (Lipinski definition) is 0. The summed E-state index contributed by atoms with van der Waals surface area (Å²) < 4.78 is 5.26. The van der Waals surface area contributed by atoms with Gasteiger partial charge in [0.25, 0.3) is 0 Å². The lowest BCUT2D eigenvalue weighted by atomic mass is 9.90. The van der Waals surface area contributed by atoms with Crippen LogP contribution in [-0.2, 0) is 4.74 Å². The quantitative estimate of drug-likeness (QED) is 0.499. The summed E-state index contributed by atoms with van der Waals surface area (Å²) in [4.78, 5) is 0. The van der Waals surface area contributed by atoms with Crippen LogP contribution in [0.4, 0.5) is 0 Å². The van der Waals surface area contributed by atoms with Crippen LogP contribution in [0.25, 0.3) is 0 Å². The molecule has 0 atom stereocenters. The molecule has 0 aliphatic carbocycles. The Bertz CT molecular complexity index is 154. The molecule has 0 fully saturated rings. The maximum absolute atomic E-state index is 5.26. The Morgan fingerprint density at radius 3 is 2.90 bits per heavy atom. The lowest BCUT2D eigenvalue weighted by Crippen LogP contribution is -2.17. The molecule has 0 radical (unpaired) electrons. The molecule has 0 saturated heterocycles. The topological polar surface area (TPSA) is 9.23 Å². The van der Waals surface area contributed by atoms with Crippen LogP contribution in [0.2, 0.25) is 0 Å². The molecule has 1 heterocycles. The Hall–Kier alpha value is -0.720. The zero-order valence-corrected chi connectivity index (χ0v) is 6.63. The van der Waals surface area contributed by atoms with Gasteiger partial charge in [-0.3, -0.25) is 0 Å². The molecule has 0 amide bonds. The lowest BCUT2D eigenvalue weighted by Gasteiger charge is -2.22. The van der Waals surface area contributed by atoms with Gasteiger partial charge in [0.1, 0.15) is 0 Å². The molecule has 1 heteroatoms. The van der Waals surface area contributed by atoms with Gasteiger partial charge in [-0.1, -0.05) is 26.0 Å². The molecule has 1 aliphatic heterocycles. The molecule has 0 bridgehead atoms. The highest BCUT2D eigenvalue weighted by molar-refractivity contribution is 5.02. The van der Waals surface area contributed by atoms with Crippen molar-refractivity contribution >= 4 is 0 Å². The molecule has 0 saturated carbocycles. The molecule has 0 unspecified atom stereocenters. The summed E-state index contributed by atoms with van der Waals surface area (Å²) in [5, 5.41) is 0. The third-order valence-corrected chi connectivity index (χ3v) is 1.57. The van der Waals surface area contributed by atoms with E-state index in [1.807, 2.05) is 12.2 Å². The fourth-order valence-corrected chi connectivity index (χ4v) is 0.899. The highest BCUT2D eigenvalue weighted by atomic mass is 16.5. The predicted octanol–water partition coefficient (Wildman–Crippen LogP) is 2.50. The minimum absolute atomic E-state index is 0.293. The Morgan fingerprint density at radius 1 is 1.30 bits per heavy atom. The van der Waals surface area contributed by atoms with Crippen LogP contribution in [0.1, 0.15) is 20.3 Å². The molecule has 56 valence electrons.